The lowest BCUT2D eigenvalue weighted by Crippen LogP contribution is -2.03. The maximum atomic E-state index is 6.18. The van der Waals surface area contributed by atoms with E-state index in [0.717, 1.165) is 16.3 Å². The molecule has 128 valence electrons. The third-order valence-corrected chi connectivity index (χ3v) is 4.53. The SMILES string of the molecule is Clc1cc(Cl)cc(N=c2cc(-c3ccccc3)oc3ccc(Cl)cc23)c1. The van der Waals surface area contributed by atoms with Gasteiger partial charge in [-0.25, -0.2) is 4.99 Å². The fraction of sp³-hybridized carbons (Fsp3) is 0. The van der Waals surface area contributed by atoms with E-state index < -0.39 is 0 Å². The van der Waals surface area contributed by atoms with E-state index in [-0.39, 0.29) is 0 Å². The largest absolute Gasteiger partial charge is 0.456 e. The van der Waals surface area contributed by atoms with Crippen molar-refractivity contribution >= 4 is 51.5 Å². The summed E-state index contributed by atoms with van der Waals surface area (Å²) in [5, 5.41) is 3.21. The van der Waals surface area contributed by atoms with Crippen molar-refractivity contribution in [3.05, 3.63) is 93.2 Å². The molecule has 0 amide bonds. The molecule has 1 aromatic heterocycles. The van der Waals surface area contributed by atoms with Crippen LogP contribution in [0.4, 0.5) is 5.69 Å². The van der Waals surface area contributed by atoms with Crippen molar-refractivity contribution in [3.8, 4) is 11.3 Å². The van der Waals surface area contributed by atoms with Crippen LogP contribution in [0.2, 0.25) is 15.1 Å². The first-order valence-corrected chi connectivity index (χ1v) is 9.01. The van der Waals surface area contributed by atoms with E-state index in [1.807, 2.05) is 48.5 Å². The zero-order valence-corrected chi connectivity index (χ0v) is 15.7. The minimum absolute atomic E-state index is 0.530. The highest BCUT2D eigenvalue weighted by atomic mass is 35.5. The second-order valence-electron chi connectivity index (χ2n) is 5.74. The first-order chi connectivity index (χ1) is 12.6. The average molecular weight is 401 g/mol. The van der Waals surface area contributed by atoms with E-state index in [1.165, 1.54) is 0 Å². The van der Waals surface area contributed by atoms with Crippen LogP contribution in [0, 0.1) is 0 Å². The summed E-state index contributed by atoms with van der Waals surface area (Å²) < 4.78 is 6.06. The molecule has 0 radical (unpaired) electrons. The summed E-state index contributed by atoms with van der Waals surface area (Å²) in [6.07, 6.45) is 0. The maximum Gasteiger partial charge on any atom is 0.136 e. The van der Waals surface area contributed by atoms with Crippen LogP contribution in [0.3, 0.4) is 0 Å². The highest BCUT2D eigenvalue weighted by molar-refractivity contribution is 6.35. The van der Waals surface area contributed by atoms with Crippen molar-refractivity contribution in [2.24, 2.45) is 4.99 Å². The van der Waals surface area contributed by atoms with Crippen LogP contribution in [-0.2, 0) is 0 Å². The second-order valence-corrected chi connectivity index (χ2v) is 7.05. The molecule has 0 fully saturated rings. The van der Waals surface area contributed by atoms with E-state index in [1.54, 1.807) is 24.3 Å². The van der Waals surface area contributed by atoms with Gasteiger partial charge in [-0.1, -0.05) is 65.1 Å². The summed E-state index contributed by atoms with van der Waals surface area (Å²) in [7, 11) is 0. The molecule has 1 heterocycles. The lowest BCUT2D eigenvalue weighted by Gasteiger charge is -2.06. The van der Waals surface area contributed by atoms with Gasteiger partial charge in [-0.05, 0) is 36.4 Å². The van der Waals surface area contributed by atoms with Gasteiger partial charge < -0.3 is 4.42 Å². The monoisotopic (exact) mass is 399 g/mol. The van der Waals surface area contributed by atoms with E-state index in [9.17, 15) is 0 Å². The van der Waals surface area contributed by atoms with Gasteiger partial charge >= 0.3 is 0 Å². The van der Waals surface area contributed by atoms with Gasteiger partial charge in [-0.3, -0.25) is 0 Å². The van der Waals surface area contributed by atoms with E-state index in [4.69, 9.17) is 44.2 Å². The van der Waals surface area contributed by atoms with Crippen LogP contribution in [-0.4, -0.2) is 0 Å². The molecule has 2 nitrogen and oxygen atoms in total. The fourth-order valence-electron chi connectivity index (χ4n) is 2.72. The van der Waals surface area contributed by atoms with Crippen LogP contribution in [0.5, 0.6) is 0 Å². The van der Waals surface area contributed by atoms with E-state index in [2.05, 4.69) is 0 Å². The molecule has 0 aliphatic rings. The molecule has 5 heteroatoms. The van der Waals surface area contributed by atoms with Crippen LogP contribution in [0.15, 0.2) is 82.2 Å². The summed E-state index contributed by atoms with van der Waals surface area (Å²) in [4.78, 5) is 4.73. The molecule has 0 bridgehead atoms. The number of benzene rings is 3. The molecule has 0 unspecified atom stereocenters. The number of hydrogen-bond donors (Lipinski definition) is 0. The molecule has 0 spiro atoms. The molecule has 3 aromatic carbocycles. The number of hydrogen-bond acceptors (Lipinski definition) is 2. The average Bonchev–Trinajstić information content (AvgIpc) is 2.62. The van der Waals surface area contributed by atoms with Gasteiger partial charge in [-0.15, -0.1) is 0 Å². The topological polar surface area (TPSA) is 25.5 Å². The highest BCUT2D eigenvalue weighted by Gasteiger charge is 2.07. The first kappa shape index (κ1) is 17.2. The Bertz CT molecular complexity index is 1150. The van der Waals surface area contributed by atoms with Gasteiger partial charge in [0.1, 0.15) is 11.3 Å². The van der Waals surface area contributed by atoms with Crippen molar-refractivity contribution in [3.63, 3.8) is 0 Å². The number of rotatable bonds is 2. The lowest BCUT2D eigenvalue weighted by molar-refractivity contribution is 0.618. The lowest BCUT2D eigenvalue weighted by atomic mass is 10.1. The zero-order valence-electron chi connectivity index (χ0n) is 13.4. The zero-order chi connectivity index (χ0) is 18.1. The summed E-state index contributed by atoms with van der Waals surface area (Å²) >= 11 is 18.4. The van der Waals surface area contributed by atoms with Crippen LogP contribution < -0.4 is 5.36 Å². The molecule has 26 heavy (non-hydrogen) atoms. The Labute approximate surface area is 165 Å². The quantitative estimate of drug-likeness (QED) is 0.347. The summed E-state index contributed by atoms with van der Waals surface area (Å²) in [6.45, 7) is 0. The van der Waals surface area contributed by atoms with Crippen LogP contribution in [0.25, 0.3) is 22.3 Å². The number of halogens is 3. The fourth-order valence-corrected chi connectivity index (χ4v) is 3.41. The summed E-state index contributed by atoms with van der Waals surface area (Å²) in [6, 6.07) is 22.4. The van der Waals surface area contributed by atoms with Gasteiger partial charge in [0.25, 0.3) is 0 Å². The molecule has 0 N–H and O–H groups in total. The Morgan fingerprint density at radius 1 is 0.692 bits per heavy atom. The van der Waals surface area contributed by atoms with Gasteiger partial charge in [-0.2, -0.15) is 0 Å². The Kier molecular flexibility index (Phi) is 4.73. The van der Waals surface area contributed by atoms with Crippen molar-refractivity contribution in [1.82, 2.24) is 0 Å². The molecule has 4 aromatic rings. The van der Waals surface area contributed by atoms with Gasteiger partial charge in [0, 0.05) is 32.1 Å². The Morgan fingerprint density at radius 2 is 1.42 bits per heavy atom. The molecule has 4 rings (SSSR count). The van der Waals surface area contributed by atoms with Crippen LogP contribution in [0.1, 0.15) is 0 Å². The molecule has 0 aliphatic heterocycles. The molecule has 0 saturated carbocycles. The van der Waals surface area contributed by atoms with Crippen molar-refractivity contribution < 1.29 is 4.42 Å². The smallest absolute Gasteiger partial charge is 0.136 e. The molecule has 0 atom stereocenters. The third kappa shape index (κ3) is 3.63. The molecule has 0 saturated heterocycles. The second kappa shape index (κ2) is 7.16. The maximum absolute atomic E-state index is 6.18. The standard InChI is InChI=1S/C21H12Cl3NO/c22-14-6-7-20-18(11-14)19(25-17-9-15(23)8-16(24)10-17)12-21(26-20)13-4-2-1-3-5-13/h1-12H. The van der Waals surface area contributed by atoms with Gasteiger partial charge in [0.2, 0.25) is 0 Å². The van der Waals surface area contributed by atoms with Crippen molar-refractivity contribution in [1.29, 1.82) is 0 Å². The normalized spacial score (nSPS) is 11.9. The predicted molar refractivity (Wildman–Crippen MR) is 108 cm³/mol. The predicted octanol–water partition coefficient (Wildman–Crippen LogP) is 7.29. The Hall–Kier alpha value is -2.26. The van der Waals surface area contributed by atoms with Gasteiger partial charge in [0.15, 0.2) is 0 Å². The highest BCUT2D eigenvalue weighted by Crippen LogP contribution is 2.27. The summed E-state index contributed by atoms with van der Waals surface area (Å²) in [5.41, 5.74) is 2.32. The minimum Gasteiger partial charge on any atom is -0.456 e. The number of nitrogens with zero attached hydrogens (tertiary/aromatic N) is 1. The van der Waals surface area contributed by atoms with E-state index >= 15 is 0 Å². The van der Waals surface area contributed by atoms with Crippen molar-refractivity contribution in [2.45, 2.75) is 0 Å². The minimum atomic E-state index is 0.530. The Morgan fingerprint density at radius 3 is 2.15 bits per heavy atom. The van der Waals surface area contributed by atoms with Crippen LogP contribution >= 0.6 is 34.8 Å². The first-order valence-electron chi connectivity index (χ1n) is 7.88. The summed E-state index contributed by atoms with van der Waals surface area (Å²) in [5.74, 6) is 0.715. The molecular formula is C21H12Cl3NO. The van der Waals surface area contributed by atoms with Gasteiger partial charge in [0.05, 0.1) is 11.0 Å². The Balaban J connectivity index is 2.02. The molecular weight excluding hydrogens is 389 g/mol. The molecule has 0 aliphatic carbocycles. The van der Waals surface area contributed by atoms with E-state index in [0.29, 0.717) is 32.1 Å². The van der Waals surface area contributed by atoms with Crippen molar-refractivity contribution in [2.75, 3.05) is 0 Å². The third-order valence-electron chi connectivity index (χ3n) is 3.86. The number of fused-ring (bicyclic) bond motifs is 1.